The topological polar surface area (TPSA) is 90.1 Å². The third-order valence-electron chi connectivity index (χ3n) is 3.12. The monoisotopic (exact) mass is 304 g/mol. The van der Waals surface area contributed by atoms with Gasteiger partial charge in [0.15, 0.2) is 11.6 Å². The number of nitrogens with one attached hydrogen (secondary N) is 1. The van der Waals surface area contributed by atoms with E-state index >= 15 is 0 Å². The summed E-state index contributed by atoms with van der Waals surface area (Å²) in [4.78, 5) is 19.6. The van der Waals surface area contributed by atoms with Gasteiger partial charge >= 0.3 is 0 Å². The third-order valence-corrected chi connectivity index (χ3v) is 3.12. The zero-order valence-corrected chi connectivity index (χ0v) is 12.3. The molecule has 0 aliphatic heterocycles. The number of nitrogens with two attached hydrogens (primary N) is 1. The van der Waals surface area contributed by atoms with Crippen LogP contribution in [0.3, 0.4) is 0 Å². The number of hydrogen-bond donors (Lipinski definition) is 2. The maximum atomic E-state index is 13.6. The average molecular weight is 304 g/mol. The lowest BCUT2D eigenvalue weighted by Gasteiger charge is -2.10. The van der Waals surface area contributed by atoms with Crippen molar-refractivity contribution >= 4 is 17.4 Å². The smallest absolute Gasteiger partial charge is 0.228 e. The van der Waals surface area contributed by atoms with Gasteiger partial charge in [0.1, 0.15) is 12.1 Å². The lowest BCUT2D eigenvalue weighted by Crippen LogP contribution is -2.20. The van der Waals surface area contributed by atoms with E-state index in [4.69, 9.17) is 10.5 Å². The summed E-state index contributed by atoms with van der Waals surface area (Å²) in [6.45, 7) is 3.73. The van der Waals surface area contributed by atoms with Gasteiger partial charge in [0.2, 0.25) is 11.8 Å². The van der Waals surface area contributed by atoms with Crippen LogP contribution in [0.25, 0.3) is 0 Å². The Kier molecular flexibility index (Phi) is 4.88. The quantitative estimate of drug-likeness (QED) is 0.829. The fourth-order valence-corrected chi connectivity index (χ4v) is 1.61. The zero-order valence-electron chi connectivity index (χ0n) is 12.3. The molecule has 6 nitrogen and oxygen atoms in total. The van der Waals surface area contributed by atoms with Crippen LogP contribution in [0.15, 0.2) is 30.6 Å². The van der Waals surface area contributed by atoms with Crippen LogP contribution in [-0.4, -0.2) is 15.9 Å². The number of ether oxygens (including phenoxy) is 1. The first-order chi connectivity index (χ1) is 10.5. The van der Waals surface area contributed by atoms with Crippen molar-refractivity contribution in [3.63, 3.8) is 0 Å². The third kappa shape index (κ3) is 3.91. The van der Waals surface area contributed by atoms with E-state index in [1.54, 1.807) is 0 Å². The van der Waals surface area contributed by atoms with Crippen molar-refractivity contribution in [1.29, 1.82) is 0 Å². The lowest BCUT2D eigenvalue weighted by atomic mass is 10.1. The molecule has 1 atom stereocenters. The lowest BCUT2D eigenvalue weighted by molar-refractivity contribution is -0.119. The standard InChI is InChI=1S/C15H17FN4O2/c1-3-9(2)15(21)20-13-7-14(19-8-18-13)22-12-6-10(17)4-5-11(12)16/h4-9H,3,17H2,1-2H3,(H,18,19,20,21). The van der Waals surface area contributed by atoms with Crippen molar-refractivity contribution in [2.24, 2.45) is 5.92 Å². The van der Waals surface area contributed by atoms with Gasteiger partial charge < -0.3 is 15.8 Å². The maximum absolute atomic E-state index is 13.6. The molecular weight excluding hydrogens is 287 g/mol. The molecule has 0 bridgehead atoms. The van der Waals surface area contributed by atoms with Crippen LogP contribution >= 0.6 is 0 Å². The molecular formula is C15H17FN4O2. The van der Waals surface area contributed by atoms with Crippen LogP contribution < -0.4 is 15.8 Å². The Hall–Kier alpha value is -2.70. The highest BCUT2D eigenvalue weighted by Gasteiger charge is 2.12. The highest BCUT2D eigenvalue weighted by Crippen LogP contribution is 2.26. The summed E-state index contributed by atoms with van der Waals surface area (Å²) >= 11 is 0. The van der Waals surface area contributed by atoms with E-state index in [-0.39, 0.29) is 23.5 Å². The van der Waals surface area contributed by atoms with Gasteiger partial charge in [-0.1, -0.05) is 13.8 Å². The largest absolute Gasteiger partial charge is 0.436 e. The van der Waals surface area contributed by atoms with Gasteiger partial charge in [-0.05, 0) is 18.6 Å². The van der Waals surface area contributed by atoms with Crippen molar-refractivity contribution in [2.45, 2.75) is 20.3 Å². The number of hydrogen-bond acceptors (Lipinski definition) is 5. The molecule has 0 saturated heterocycles. The maximum Gasteiger partial charge on any atom is 0.228 e. The summed E-state index contributed by atoms with van der Waals surface area (Å²) in [5.41, 5.74) is 5.96. The second-order valence-corrected chi connectivity index (χ2v) is 4.83. The van der Waals surface area contributed by atoms with Gasteiger partial charge in [-0.3, -0.25) is 4.79 Å². The molecule has 2 aromatic rings. The van der Waals surface area contributed by atoms with Gasteiger partial charge in [0.25, 0.3) is 0 Å². The number of halogens is 1. The molecule has 0 spiro atoms. The Morgan fingerprint density at radius 3 is 2.91 bits per heavy atom. The van der Waals surface area contributed by atoms with Crippen LogP contribution in [0.2, 0.25) is 0 Å². The van der Waals surface area contributed by atoms with Gasteiger partial charge in [-0.25, -0.2) is 14.4 Å². The molecule has 116 valence electrons. The first-order valence-electron chi connectivity index (χ1n) is 6.85. The van der Waals surface area contributed by atoms with E-state index < -0.39 is 5.82 Å². The normalized spacial score (nSPS) is 11.8. The van der Waals surface area contributed by atoms with Crippen molar-refractivity contribution < 1.29 is 13.9 Å². The average Bonchev–Trinajstić information content (AvgIpc) is 2.50. The van der Waals surface area contributed by atoms with Gasteiger partial charge in [-0.15, -0.1) is 0 Å². The zero-order chi connectivity index (χ0) is 16.1. The van der Waals surface area contributed by atoms with Crippen molar-refractivity contribution in [3.8, 4) is 11.6 Å². The number of amides is 1. The molecule has 1 unspecified atom stereocenters. The van der Waals surface area contributed by atoms with Crippen molar-refractivity contribution in [1.82, 2.24) is 9.97 Å². The summed E-state index contributed by atoms with van der Waals surface area (Å²) < 4.78 is 19.0. The van der Waals surface area contributed by atoms with Crippen LogP contribution in [-0.2, 0) is 4.79 Å². The molecule has 0 aliphatic carbocycles. The minimum atomic E-state index is -0.557. The van der Waals surface area contributed by atoms with E-state index in [9.17, 15) is 9.18 Å². The van der Waals surface area contributed by atoms with E-state index in [1.807, 2.05) is 13.8 Å². The number of carbonyl (C=O) groups is 1. The molecule has 1 aromatic heterocycles. The summed E-state index contributed by atoms with van der Waals surface area (Å²) in [7, 11) is 0. The molecule has 0 saturated carbocycles. The minimum Gasteiger partial charge on any atom is -0.436 e. The molecule has 0 fully saturated rings. The van der Waals surface area contributed by atoms with E-state index in [2.05, 4.69) is 15.3 Å². The predicted octanol–water partition coefficient (Wildman–Crippen LogP) is 2.97. The Labute approximate surface area is 127 Å². The van der Waals surface area contributed by atoms with Crippen LogP contribution in [0.1, 0.15) is 20.3 Å². The van der Waals surface area contributed by atoms with Crippen molar-refractivity contribution in [2.75, 3.05) is 11.1 Å². The predicted molar refractivity (Wildman–Crippen MR) is 81.0 cm³/mol. The molecule has 0 radical (unpaired) electrons. The summed E-state index contributed by atoms with van der Waals surface area (Å²) in [5.74, 6) is -0.484. The number of aromatic nitrogens is 2. The molecule has 1 aromatic carbocycles. The summed E-state index contributed by atoms with van der Waals surface area (Å²) in [6, 6.07) is 5.41. The number of nitrogen functional groups attached to an aromatic ring is 1. The van der Waals surface area contributed by atoms with Crippen molar-refractivity contribution in [3.05, 3.63) is 36.4 Å². The Balaban J connectivity index is 2.15. The Bertz CT molecular complexity index is 678. The first-order valence-corrected chi connectivity index (χ1v) is 6.85. The Morgan fingerprint density at radius 1 is 1.41 bits per heavy atom. The molecule has 2 rings (SSSR count). The van der Waals surface area contributed by atoms with E-state index in [1.165, 1.54) is 30.6 Å². The molecule has 0 aliphatic rings. The molecule has 7 heteroatoms. The summed E-state index contributed by atoms with van der Waals surface area (Å²) in [5, 5.41) is 2.66. The SMILES string of the molecule is CCC(C)C(=O)Nc1cc(Oc2cc(N)ccc2F)ncn1. The number of carbonyl (C=O) groups excluding carboxylic acids is 1. The first kappa shape index (κ1) is 15.7. The fourth-order valence-electron chi connectivity index (χ4n) is 1.61. The molecule has 22 heavy (non-hydrogen) atoms. The van der Waals surface area contributed by atoms with Crippen LogP contribution in [0.5, 0.6) is 11.6 Å². The van der Waals surface area contributed by atoms with Crippen LogP contribution in [0.4, 0.5) is 15.9 Å². The number of nitrogens with zero attached hydrogens (tertiary/aromatic N) is 2. The number of rotatable bonds is 5. The molecule has 1 amide bonds. The minimum absolute atomic E-state index is 0.0436. The number of benzene rings is 1. The second kappa shape index (κ2) is 6.84. The number of anilines is 2. The highest BCUT2D eigenvalue weighted by molar-refractivity contribution is 5.91. The highest BCUT2D eigenvalue weighted by atomic mass is 19.1. The summed E-state index contributed by atoms with van der Waals surface area (Å²) in [6.07, 6.45) is 1.94. The second-order valence-electron chi connectivity index (χ2n) is 4.83. The van der Waals surface area contributed by atoms with E-state index in [0.717, 1.165) is 6.42 Å². The molecule has 1 heterocycles. The molecule has 3 N–H and O–H groups in total. The fraction of sp³-hybridized carbons (Fsp3) is 0.267. The van der Waals surface area contributed by atoms with Crippen LogP contribution in [0, 0.1) is 11.7 Å². The van der Waals surface area contributed by atoms with Gasteiger partial charge in [-0.2, -0.15) is 0 Å². The van der Waals surface area contributed by atoms with Gasteiger partial charge in [0.05, 0.1) is 0 Å². The van der Waals surface area contributed by atoms with E-state index in [0.29, 0.717) is 11.5 Å². The van der Waals surface area contributed by atoms with Gasteiger partial charge in [0, 0.05) is 23.7 Å². The Morgan fingerprint density at radius 2 is 2.18 bits per heavy atom.